The molecule has 5 heteroatoms. The molecule has 1 N–H and O–H groups in total. The Labute approximate surface area is 95.4 Å². The van der Waals surface area contributed by atoms with Gasteiger partial charge in [0.25, 0.3) is 11.8 Å². The second-order valence-corrected chi connectivity index (χ2v) is 3.62. The summed E-state index contributed by atoms with van der Waals surface area (Å²) in [4.78, 5) is 24.6. The van der Waals surface area contributed by atoms with Crippen LogP contribution in [0.3, 0.4) is 0 Å². The van der Waals surface area contributed by atoms with E-state index in [1.807, 2.05) is 0 Å². The Balaban J connectivity index is 0.00000128. The van der Waals surface area contributed by atoms with Crippen molar-refractivity contribution in [2.75, 3.05) is 6.54 Å². The Morgan fingerprint density at radius 1 is 1.19 bits per heavy atom. The zero-order valence-corrected chi connectivity index (χ0v) is 8.88. The van der Waals surface area contributed by atoms with Crippen LogP contribution < -0.4 is 0 Å². The van der Waals surface area contributed by atoms with E-state index in [-0.39, 0.29) is 26.8 Å². The van der Waals surface area contributed by atoms with Crippen LogP contribution in [-0.2, 0) is 0 Å². The molecular formula is C11H11BNO3. The van der Waals surface area contributed by atoms with E-state index in [9.17, 15) is 14.7 Å². The van der Waals surface area contributed by atoms with Crippen molar-refractivity contribution in [3.05, 3.63) is 35.4 Å². The molecule has 0 aromatic heterocycles. The van der Waals surface area contributed by atoms with E-state index < -0.39 is 6.10 Å². The second kappa shape index (κ2) is 4.49. The summed E-state index contributed by atoms with van der Waals surface area (Å²) in [5.41, 5.74) is 0.839. The summed E-state index contributed by atoms with van der Waals surface area (Å²) in [6.45, 7) is 1.59. The molecule has 1 aromatic carbocycles. The van der Waals surface area contributed by atoms with E-state index in [2.05, 4.69) is 0 Å². The molecule has 2 rings (SSSR count). The minimum atomic E-state index is -0.702. The number of hydrogen-bond donors (Lipinski definition) is 1. The first kappa shape index (κ1) is 12.5. The topological polar surface area (TPSA) is 57.6 Å². The van der Waals surface area contributed by atoms with Crippen molar-refractivity contribution in [2.24, 2.45) is 0 Å². The number of rotatable bonds is 2. The highest BCUT2D eigenvalue weighted by Gasteiger charge is 2.35. The Morgan fingerprint density at radius 3 is 2.00 bits per heavy atom. The van der Waals surface area contributed by atoms with Gasteiger partial charge in [-0.3, -0.25) is 14.5 Å². The summed E-state index contributed by atoms with van der Waals surface area (Å²) in [6.07, 6.45) is -0.702. The van der Waals surface area contributed by atoms with Crippen molar-refractivity contribution in [1.29, 1.82) is 0 Å². The van der Waals surface area contributed by atoms with E-state index in [0.717, 1.165) is 4.90 Å². The first-order valence-electron chi connectivity index (χ1n) is 4.74. The van der Waals surface area contributed by atoms with Crippen LogP contribution in [0.1, 0.15) is 27.6 Å². The van der Waals surface area contributed by atoms with Crippen LogP contribution in [0, 0.1) is 0 Å². The third-order valence-corrected chi connectivity index (χ3v) is 2.32. The smallest absolute Gasteiger partial charge is 0.261 e. The second-order valence-electron chi connectivity index (χ2n) is 3.62. The van der Waals surface area contributed by atoms with Crippen molar-refractivity contribution in [2.45, 2.75) is 13.0 Å². The van der Waals surface area contributed by atoms with Crippen molar-refractivity contribution >= 4 is 20.2 Å². The Hall–Kier alpha value is -1.62. The quantitative estimate of drug-likeness (QED) is 0.570. The number of aliphatic hydroxyl groups excluding tert-OH is 1. The molecule has 1 aromatic rings. The minimum Gasteiger partial charge on any atom is -0.392 e. The average molecular weight is 216 g/mol. The maximum Gasteiger partial charge on any atom is 0.261 e. The van der Waals surface area contributed by atoms with Gasteiger partial charge in [0.05, 0.1) is 23.8 Å². The first-order valence-corrected chi connectivity index (χ1v) is 4.74. The van der Waals surface area contributed by atoms with Crippen LogP contribution in [0.25, 0.3) is 0 Å². The number of carbonyl (C=O) groups excluding carboxylic acids is 2. The lowest BCUT2D eigenvalue weighted by molar-refractivity contribution is 0.0563. The lowest BCUT2D eigenvalue weighted by Crippen LogP contribution is -2.35. The van der Waals surface area contributed by atoms with Gasteiger partial charge in [-0.2, -0.15) is 0 Å². The number of β-amino-alcohol motifs (C(OH)–C–C–N with tert-alkyl or cyclic N) is 1. The predicted molar refractivity (Wildman–Crippen MR) is 59.2 cm³/mol. The zero-order valence-electron chi connectivity index (χ0n) is 8.88. The number of hydrogen-bond acceptors (Lipinski definition) is 3. The highest BCUT2D eigenvalue weighted by molar-refractivity contribution is 6.21. The minimum absolute atomic E-state index is 0. The molecule has 3 radical (unpaired) electrons. The number of imide groups is 1. The summed E-state index contributed by atoms with van der Waals surface area (Å²) in [5, 5.41) is 9.18. The summed E-state index contributed by atoms with van der Waals surface area (Å²) >= 11 is 0. The van der Waals surface area contributed by atoms with E-state index in [1.165, 1.54) is 0 Å². The molecule has 1 aliphatic rings. The molecule has 4 nitrogen and oxygen atoms in total. The molecule has 0 saturated carbocycles. The van der Waals surface area contributed by atoms with Gasteiger partial charge in [-0.15, -0.1) is 0 Å². The number of fused-ring (bicyclic) bond motifs is 1. The molecular weight excluding hydrogens is 205 g/mol. The largest absolute Gasteiger partial charge is 0.392 e. The number of amides is 2. The van der Waals surface area contributed by atoms with E-state index >= 15 is 0 Å². The third kappa shape index (κ3) is 1.86. The van der Waals surface area contributed by atoms with E-state index in [1.54, 1.807) is 31.2 Å². The van der Waals surface area contributed by atoms with Crippen LogP contribution in [0.2, 0.25) is 0 Å². The lowest BCUT2D eigenvalue weighted by atomic mass is 10.1. The normalized spacial score (nSPS) is 15.8. The molecule has 1 unspecified atom stereocenters. The number of nitrogens with zero attached hydrogens (tertiary/aromatic N) is 1. The summed E-state index contributed by atoms with van der Waals surface area (Å²) in [7, 11) is 0. The zero-order chi connectivity index (χ0) is 11.0. The SMILES string of the molecule is CC(O)CN1C(=O)c2ccccc2C1=O.[B]. The summed E-state index contributed by atoms with van der Waals surface area (Å²) < 4.78 is 0. The van der Waals surface area contributed by atoms with Crippen molar-refractivity contribution in [3.63, 3.8) is 0 Å². The Morgan fingerprint density at radius 2 is 1.62 bits per heavy atom. The molecule has 81 valence electrons. The van der Waals surface area contributed by atoms with Gasteiger partial charge in [-0.25, -0.2) is 0 Å². The van der Waals surface area contributed by atoms with Crippen molar-refractivity contribution in [1.82, 2.24) is 4.90 Å². The molecule has 0 bridgehead atoms. The van der Waals surface area contributed by atoms with Gasteiger partial charge in [0.1, 0.15) is 0 Å². The van der Waals surface area contributed by atoms with Crippen LogP contribution in [0.15, 0.2) is 24.3 Å². The number of aliphatic hydroxyl groups is 1. The molecule has 0 saturated heterocycles. The number of carbonyl (C=O) groups is 2. The fraction of sp³-hybridized carbons (Fsp3) is 0.273. The van der Waals surface area contributed by atoms with Crippen molar-refractivity contribution < 1.29 is 14.7 Å². The Bertz CT molecular complexity index is 396. The molecule has 0 aliphatic carbocycles. The molecule has 0 spiro atoms. The molecule has 1 heterocycles. The molecule has 16 heavy (non-hydrogen) atoms. The van der Waals surface area contributed by atoms with Gasteiger partial charge in [-0.1, -0.05) is 12.1 Å². The van der Waals surface area contributed by atoms with Gasteiger partial charge in [-0.05, 0) is 19.1 Å². The average Bonchev–Trinajstić information content (AvgIpc) is 2.44. The first-order chi connectivity index (χ1) is 7.11. The van der Waals surface area contributed by atoms with Crippen LogP contribution in [-0.4, -0.2) is 42.9 Å². The Kier molecular flexibility index (Phi) is 3.49. The summed E-state index contributed by atoms with van der Waals surface area (Å²) in [6, 6.07) is 6.68. The molecule has 1 aliphatic heterocycles. The van der Waals surface area contributed by atoms with E-state index in [4.69, 9.17) is 0 Å². The van der Waals surface area contributed by atoms with Crippen LogP contribution in [0.4, 0.5) is 0 Å². The maximum absolute atomic E-state index is 11.7. The molecule has 0 fully saturated rings. The fourth-order valence-electron chi connectivity index (χ4n) is 1.67. The number of benzene rings is 1. The highest BCUT2D eigenvalue weighted by Crippen LogP contribution is 2.22. The van der Waals surface area contributed by atoms with Gasteiger partial charge < -0.3 is 5.11 Å². The monoisotopic (exact) mass is 216 g/mol. The van der Waals surface area contributed by atoms with Crippen LogP contribution in [0.5, 0.6) is 0 Å². The van der Waals surface area contributed by atoms with Crippen LogP contribution >= 0.6 is 0 Å². The lowest BCUT2D eigenvalue weighted by Gasteiger charge is -2.15. The summed E-state index contributed by atoms with van der Waals surface area (Å²) in [5.74, 6) is -0.645. The maximum atomic E-state index is 11.7. The third-order valence-electron chi connectivity index (χ3n) is 2.32. The van der Waals surface area contributed by atoms with Gasteiger partial charge in [0, 0.05) is 8.41 Å². The van der Waals surface area contributed by atoms with Crippen molar-refractivity contribution in [3.8, 4) is 0 Å². The molecule has 2 amide bonds. The van der Waals surface area contributed by atoms with Gasteiger partial charge in [0.15, 0.2) is 0 Å². The predicted octanol–water partition coefficient (Wildman–Crippen LogP) is 0.283. The van der Waals surface area contributed by atoms with Gasteiger partial charge in [0.2, 0.25) is 0 Å². The molecule has 1 atom stereocenters. The van der Waals surface area contributed by atoms with E-state index in [0.29, 0.717) is 11.1 Å². The van der Waals surface area contributed by atoms with Gasteiger partial charge >= 0.3 is 0 Å². The highest BCUT2D eigenvalue weighted by atomic mass is 16.3. The fourth-order valence-corrected chi connectivity index (χ4v) is 1.67. The standard InChI is InChI=1S/C11H11NO3.B/c1-7(13)6-12-10(14)8-4-2-3-5-9(8)11(12)15;/h2-5,7,13H,6H2,1H3;.